The summed E-state index contributed by atoms with van der Waals surface area (Å²) in [6, 6.07) is 3.95. The molecule has 0 aliphatic carbocycles. The van der Waals surface area contributed by atoms with Crippen LogP contribution in [0.15, 0.2) is 16.6 Å². The number of pyridine rings is 1. The lowest BCUT2D eigenvalue weighted by Crippen LogP contribution is -1.98. The molecular weight excluding hydrogens is 268 g/mol. The van der Waals surface area contributed by atoms with Gasteiger partial charge in [-0.15, -0.1) is 5.10 Å². The first-order valence-corrected chi connectivity index (χ1v) is 5.94. The van der Waals surface area contributed by atoms with Crippen LogP contribution in [-0.4, -0.2) is 20.0 Å². The minimum atomic E-state index is 0.876. The molecule has 0 spiro atoms. The van der Waals surface area contributed by atoms with Crippen LogP contribution in [0.4, 0.5) is 0 Å². The van der Waals surface area contributed by atoms with Gasteiger partial charge in [-0.3, -0.25) is 9.67 Å². The van der Waals surface area contributed by atoms with Gasteiger partial charge in [-0.1, -0.05) is 12.1 Å². The molecule has 5 heteroatoms. The Kier molecular flexibility index (Phi) is 3.05. The largest absolute Gasteiger partial charge is 0.252 e. The fraction of sp³-hybridized carbons (Fsp3) is 0.364. The number of hydrogen-bond acceptors (Lipinski definition) is 3. The maximum Gasteiger partial charge on any atom is 0.134 e. The lowest BCUT2D eigenvalue weighted by atomic mass is 10.2. The Labute approximate surface area is 103 Å². The van der Waals surface area contributed by atoms with Crippen molar-refractivity contribution < 1.29 is 0 Å². The molecule has 0 aromatic carbocycles. The molecule has 0 bridgehead atoms. The van der Waals surface area contributed by atoms with Gasteiger partial charge in [0, 0.05) is 11.5 Å². The van der Waals surface area contributed by atoms with Crippen LogP contribution in [0.25, 0.3) is 11.4 Å². The van der Waals surface area contributed by atoms with Crippen molar-refractivity contribution in [3.05, 3.63) is 28.0 Å². The van der Waals surface area contributed by atoms with Crippen LogP contribution in [0, 0.1) is 6.92 Å². The van der Waals surface area contributed by atoms with E-state index < -0.39 is 0 Å². The Morgan fingerprint density at radius 1 is 1.38 bits per heavy atom. The van der Waals surface area contributed by atoms with E-state index in [4.69, 9.17) is 0 Å². The van der Waals surface area contributed by atoms with E-state index in [0.29, 0.717) is 0 Å². The van der Waals surface area contributed by atoms with Crippen molar-refractivity contribution >= 4 is 15.9 Å². The first kappa shape index (κ1) is 11.3. The lowest BCUT2D eigenvalue weighted by Gasteiger charge is -2.03. The maximum absolute atomic E-state index is 4.50. The van der Waals surface area contributed by atoms with E-state index in [-0.39, 0.29) is 0 Å². The van der Waals surface area contributed by atoms with Gasteiger partial charge in [0.25, 0.3) is 0 Å². The molecule has 2 heterocycles. The Balaban J connectivity index is 2.54. The topological polar surface area (TPSA) is 43.6 Å². The predicted octanol–water partition coefficient (Wildman–Crippen LogP) is 2.51. The van der Waals surface area contributed by atoms with Gasteiger partial charge in [-0.05, 0) is 41.4 Å². The minimum Gasteiger partial charge on any atom is -0.252 e. The number of rotatable bonds is 2. The third-order valence-corrected chi connectivity index (χ3v) is 3.38. The molecule has 2 aromatic rings. The Bertz CT molecular complexity index is 519. The second-order valence-corrected chi connectivity index (χ2v) is 4.48. The van der Waals surface area contributed by atoms with E-state index in [1.165, 1.54) is 0 Å². The van der Waals surface area contributed by atoms with Crippen LogP contribution in [0.1, 0.15) is 18.3 Å². The summed E-state index contributed by atoms with van der Waals surface area (Å²) in [5, 5.41) is 8.19. The highest BCUT2D eigenvalue weighted by atomic mass is 79.9. The van der Waals surface area contributed by atoms with Crippen LogP contribution in [-0.2, 0) is 13.5 Å². The van der Waals surface area contributed by atoms with E-state index in [0.717, 1.165) is 33.7 Å². The summed E-state index contributed by atoms with van der Waals surface area (Å²) in [6.45, 7) is 4.06. The molecule has 0 radical (unpaired) electrons. The van der Waals surface area contributed by atoms with Crippen molar-refractivity contribution in [2.45, 2.75) is 20.3 Å². The van der Waals surface area contributed by atoms with E-state index in [1.807, 2.05) is 26.1 Å². The average Bonchev–Trinajstić information content (AvgIpc) is 2.63. The molecule has 0 unspecified atom stereocenters. The molecule has 0 atom stereocenters. The van der Waals surface area contributed by atoms with Crippen molar-refractivity contribution in [2.24, 2.45) is 7.05 Å². The van der Waals surface area contributed by atoms with Crippen molar-refractivity contribution in [2.75, 3.05) is 0 Å². The van der Waals surface area contributed by atoms with Crippen LogP contribution >= 0.6 is 15.9 Å². The zero-order valence-corrected chi connectivity index (χ0v) is 11.1. The first-order chi connectivity index (χ1) is 7.63. The fourth-order valence-corrected chi connectivity index (χ4v) is 1.87. The molecule has 0 saturated heterocycles. The zero-order valence-electron chi connectivity index (χ0n) is 9.53. The van der Waals surface area contributed by atoms with E-state index in [1.54, 1.807) is 4.68 Å². The standard InChI is InChI=1S/C11H13BrN4/c1-4-10-11(14-15-16(10)3)9-6-5-8(12)7(2)13-9/h5-6H,4H2,1-3H3. The lowest BCUT2D eigenvalue weighted by molar-refractivity contribution is 0.682. The number of halogens is 1. The van der Waals surface area contributed by atoms with Gasteiger partial charge in [0.15, 0.2) is 0 Å². The minimum absolute atomic E-state index is 0.876. The summed E-state index contributed by atoms with van der Waals surface area (Å²) in [6.07, 6.45) is 0.898. The van der Waals surface area contributed by atoms with Gasteiger partial charge in [0.05, 0.1) is 17.1 Å². The number of hydrogen-bond donors (Lipinski definition) is 0. The summed E-state index contributed by atoms with van der Waals surface area (Å²) >= 11 is 3.44. The fourth-order valence-electron chi connectivity index (χ4n) is 1.65. The van der Waals surface area contributed by atoms with Gasteiger partial charge >= 0.3 is 0 Å². The van der Waals surface area contributed by atoms with Crippen LogP contribution < -0.4 is 0 Å². The molecule has 4 nitrogen and oxygen atoms in total. The number of nitrogens with zero attached hydrogens (tertiary/aromatic N) is 4. The molecule has 0 fully saturated rings. The molecule has 84 valence electrons. The molecule has 0 amide bonds. The highest BCUT2D eigenvalue weighted by Gasteiger charge is 2.12. The number of aromatic nitrogens is 4. The highest BCUT2D eigenvalue weighted by molar-refractivity contribution is 9.10. The monoisotopic (exact) mass is 280 g/mol. The van der Waals surface area contributed by atoms with Crippen molar-refractivity contribution in [3.8, 4) is 11.4 Å². The predicted molar refractivity (Wildman–Crippen MR) is 66.0 cm³/mol. The first-order valence-electron chi connectivity index (χ1n) is 5.15. The van der Waals surface area contributed by atoms with Crippen LogP contribution in [0.5, 0.6) is 0 Å². The Morgan fingerprint density at radius 2 is 2.12 bits per heavy atom. The van der Waals surface area contributed by atoms with Gasteiger partial charge in [0.2, 0.25) is 0 Å². The molecule has 0 saturated carbocycles. The third-order valence-electron chi connectivity index (χ3n) is 2.54. The highest BCUT2D eigenvalue weighted by Crippen LogP contribution is 2.22. The Morgan fingerprint density at radius 3 is 2.75 bits per heavy atom. The second kappa shape index (κ2) is 4.33. The van der Waals surface area contributed by atoms with E-state index in [2.05, 4.69) is 38.1 Å². The van der Waals surface area contributed by atoms with Crippen LogP contribution in [0.3, 0.4) is 0 Å². The summed E-state index contributed by atoms with van der Waals surface area (Å²) < 4.78 is 2.81. The molecule has 2 aromatic heterocycles. The van der Waals surface area contributed by atoms with Gasteiger partial charge in [-0.25, -0.2) is 0 Å². The molecule has 16 heavy (non-hydrogen) atoms. The van der Waals surface area contributed by atoms with Crippen molar-refractivity contribution in [1.82, 2.24) is 20.0 Å². The third kappa shape index (κ3) is 1.87. The van der Waals surface area contributed by atoms with Gasteiger partial charge in [-0.2, -0.15) is 0 Å². The van der Waals surface area contributed by atoms with Crippen LogP contribution in [0.2, 0.25) is 0 Å². The summed E-state index contributed by atoms with van der Waals surface area (Å²) in [7, 11) is 1.90. The molecule has 0 aliphatic heterocycles. The Hall–Kier alpha value is -1.23. The summed E-state index contributed by atoms with van der Waals surface area (Å²) in [5.74, 6) is 0. The quantitative estimate of drug-likeness (QED) is 0.849. The molecular formula is C11H13BrN4. The SMILES string of the molecule is CCc1c(-c2ccc(Br)c(C)n2)nnn1C. The van der Waals surface area contributed by atoms with E-state index >= 15 is 0 Å². The normalized spacial score (nSPS) is 10.8. The number of aryl methyl sites for hydroxylation is 2. The van der Waals surface area contributed by atoms with Gasteiger partial charge in [0.1, 0.15) is 5.69 Å². The smallest absolute Gasteiger partial charge is 0.134 e. The zero-order chi connectivity index (χ0) is 11.7. The molecule has 0 N–H and O–H groups in total. The molecule has 0 aliphatic rings. The van der Waals surface area contributed by atoms with Gasteiger partial charge < -0.3 is 0 Å². The van der Waals surface area contributed by atoms with Crippen molar-refractivity contribution in [1.29, 1.82) is 0 Å². The average molecular weight is 281 g/mol. The van der Waals surface area contributed by atoms with E-state index in [9.17, 15) is 0 Å². The second-order valence-electron chi connectivity index (χ2n) is 3.63. The van der Waals surface area contributed by atoms with Crippen molar-refractivity contribution in [3.63, 3.8) is 0 Å². The maximum atomic E-state index is 4.50. The molecule has 2 rings (SSSR count). The summed E-state index contributed by atoms with van der Waals surface area (Å²) in [5.41, 5.74) is 3.82. The summed E-state index contributed by atoms with van der Waals surface area (Å²) in [4.78, 5) is 4.50.